The maximum atomic E-state index is 9.14. The molecule has 0 amide bonds. The van der Waals surface area contributed by atoms with E-state index in [0.29, 0.717) is 0 Å². The third-order valence-electron chi connectivity index (χ3n) is 0.258. The number of allylic oxidation sites excluding steroid dienone is 1. The molecule has 0 aromatic carbocycles. The van der Waals surface area contributed by atoms with Gasteiger partial charge in [-0.3, -0.25) is 0 Å². The van der Waals surface area contributed by atoms with E-state index >= 15 is 0 Å². The topological polar surface area (TPSA) is 63.9 Å². The van der Waals surface area contributed by atoms with Gasteiger partial charge in [-0.05, 0) is 6.08 Å². The minimum Gasteiger partial charge on any atom is -0.545 e. The lowest BCUT2D eigenvalue weighted by Crippen LogP contribution is -2.17. The second-order valence-electron chi connectivity index (χ2n) is 0.856. The van der Waals surface area contributed by atoms with Gasteiger partial charge in [-0.25, -0.2) is 0 Å². The Morgan fingerprint density at radius 2 is 1.89 bits per heavy atom. The van der Waals surface area contributed by atoms with Crippen LogP contribution < -0.4 is 5.11 Å². The lowest BCUT2D eigenvalue weighted by atomic mass is 10.7. The molecule has 0 rings (SSSR count). The number of carbonyl (C=O) groups excluding carboxylic acids is 1. The Kier molecular flexibility index (Phi) is 11.2. The number of hydrogen-bond acceptors (Lipinski definition) is 3. The Bertz CT molecular complexity index is 144. The van der Waals surface area contributed by atoms with Gasteiger partial charge in [0.1, 0.15) is 0 Å². The summed E-state index contributed by atoms with van der Waals surface area (Å²) in [5, 5.41) is 16.6. The van der Waals surface area contributed by atoms with Gasteiger partial charge in [-0.15, -0.1) is 0 Å². The standard InChI is InChI=1S/C3H3N.C3H4O2/c1-2-3-4;1-2-3(4)5/h2H,1H2;2H,1H2,(H,4,5)/p-1. The molecule has 0 spiro atoms. The number of aliphatic carboxylic acids is 1. The van der Waals surface area contributed by atoms with Gasteiger partial charge >= 0.3 is 0 Å². The van der Waals surface area contributed by atoms with Crippen LogP contribution in [0.1, 0.15) is 0 Å². The lowest BCUT2D eigenvalue weighted by molar-refractivity contribution is -0.297. The molecule has 0 radical (unpaired) electrons. The van der Waals surface area contributed by atoms with Crippen molar-refractivity contribution in [2.45, 2.75) is 0 Å². The van der Waals surface area contributed by atoms with Crippen molar-refractivity contribution >= 4 is 5.97 Å². The Labute approximate surface area is 53.5 Å². The van der Waals surface area contributed by atoms with E-state index in [-0.39, 0.29) is 0 Å². The fourth-order valence-corrected chi connectivity index (χ4v) is 0. The van der Waals surface area contributed by atoms with Crippen molar-refractivity contribution < 1.29 is 9.90 Å². The van der Waals surface area contributed by atoms with Crippen LogP contribution in [0.25, 0.3) is 0 Å². The van der Waals surface area contributed by atoms with Gasteiger partial charge in [0.2, 0.25) is 0 Å². The monoisotopic (exact) mass is 124 g/mol. The van der Waals surface area contributed by atoms with E-state index < -0.39 is 5.97 Å². The predicted molar refractivity (Wildman–Crippen MR) is 31.0 cm³/mol. The summed E-state index contributed by atoms with van der Waals surface area (Å²) < 4.78 is 0. The molecule has 0 aliphatic heterocycles. The first-order valence-electron chi connectivity index (χ1n) is 2.03. The van der Waals surface area contributed by atoms with Crippen LogP contribution in [0.3, 0.4) is 0 Å². The third-order valence-corrected chi connectivity index (χ3v) is 0.258. The first kappa shape index (κ1) is 10.4. The van der Waals surface area contributed by atoms with Crippen molar-refractivity contribution in [1.29, 1.82) is 5.26 Å². The molecule has 3 heteroatoms. The van der Waals surface area contributed by atoms with Gasteiger partial charge in [-0.2, -0.15) is 5.26 Å². The summed E-state index contributed by atoms with van der Waals surface area (Å²) in [5.41, 5.74) is 0. The van der Waals surface area contributed by atoms with E-state index in [0.717, 1.165) is 6.08 Å². The molecule has 0 aromatic rings. The van der Waals surface area contributed by atoms with Crippen molar-refractivity contribution in [3.05, 3.63) is 25.3 Å². The summed E-state index contributed by atoms with van der Waals surface area (Å²) in [4.78, 5) is 9.14. The maximum Gasteiger partial charge on any atom is 0.0905 e. The van der Waals surface area contributed by atoms with E-state index in [1.807, 2.05) is 0 Å². The largest absolute Gasteiger partial charge is 0.545 e. The highest BCUT2D eigenvalue weighted by Gasteiger charge is 1.55. The highest BCUT2D eigenvalue weighted by Crippen LogP contribution is 1.47. The molecule has 0 bridgehead atoms. The van der Waals surface area contributed by atoms with Crippen molar-refractivity contribution in [2.75, 3.05) is 0 Å². The lowest BCUT2D eigenvalue weighted by Gasteiger charge is -1.81. The van der Waals surface area contributed by atoms with Crippen molar-refractivity contribution in [3.63, 3.8) is 0 Å². The molecule has 3 nitrogen and oxygen atoms in total. The number of rotatable bonds is 1. The summed E-state index contributed by atoms with van der Waals surface area (Å²) in [5.74, 6) is -1.23. The van der Waals surface area contributed by atoms with Crippen molar-refractivity contribution in [1.82, 2.24) is 0 Å². The van der Waals surface area contributed by atoms with Crippen LogP contribution in [-0.2, 0) is 4.79 Å². The van der Waals surface area contributed by atoms with Crippen LogP contribution in [0, 0.1) is 11.3 Å². The zero-order chi connectivity index (χ0) is 7.70. The number of carboxylic acids is 1. The Morgan fingerprint density at radius 1 is 1.67 bits per heavy atom. The quantitative estimate of drug-likeness (QED) is 0.353. The van der Waals surface area contributed by atoms with Crippen LogP contribution in [0.4, 0.5) is 0 Å². The molecule has 48 valence electrons. The van der Waals surface area contributed by atoms with Crippen LogP contribution in [0.2, 0.25) is 0 Å². The summed E-state index contributed by atoms with van der Waals surface area (Å²) in [6.07, 6.45) is 1.90. The maximum absolute atomic E-state index is 9.14. The zero-order valence-electron chi connectivity index (χ0n) is 4.83. The summed E-state index contributed by atoms with van der Waals surface area (Å²) in [6.45, 7) is 6.02. The Morgan fingerprint density at radius 3 is 1.89 bits per heavy atom. The molecule has 0 saturated heterocycles. The smallest absolute Gasteiger partial charge is 0.0905 e. The molecular weight excluding hydrogens is 118 g/mol. The second kappa shape index (κ2) is 9.67. The van der Waals surface area contributed by atoms with Crippen molar-refractivity contribution in [3.8, 4) is 6.07 Å². The molecule has 0 unspecified atom stereocenters. The van der Waals surface area contributed by atoms with Crippen LogP contribution in [0.5, 0.6) is 0 Å². The predicted octanol–water partition coefficient (Wildman–Crippen LogP) is -0.382. The minimum atomic E-state index is -1.23. The highest BCUT2D eigenvalue weighted by molar-refractivity contribution is 5.76. The summed E-state index contributed by atoms with van der Waals surface area (Å²) in [7, 11) is 0. The molecule has 0 aliphatic rings. The van der Waals surface area contributed by atoms with Gasteiger partial charge in [0.25, 0.3) is 0 Å². The van der Waals surface area contributed by atoms with Crippen molar-refractivity contribution in [2.24, 2.45) is 0 Å². The van der Waals surface area contributed by atoms with Gasteiger partial charge in [0.05, 0.1) is 12.0 Å². The first-order valence-corrected chi connectivity index (χ1v) is 2.03. The number of carbonyl (C=O) groups is 1. The molecule has 0 aromatic heterocycles. The highest BCUT2D eigenvalue weighted by atomic mass is 16.4. The SMILES string of the molecule is C=CC#N.C=CC(=O)[O-]. The molecule has 0 fully saturated rings. The summed E-state index contributed by atoms with van der Waals surface area (Å²) >= 11 is 0. The first-order chi connectivity index (χ1) is 4.18. The van der Waals surface area contributed by atoms with E-state index in [1.165, 1.54) is 6.08 Å². The zero-order valence-corrected chi connectivity index (χ0v) is 4.83. The fraction of sp³-hybridized carbons (Fsp3) is 0. The second-order valence-corrected chi connectivity index (χ2v) is 0.856. The summed E-state index contributed by atoms with van der Waals surface area (Å²) in [6, 6.07) is 1.69. The van der Waals surface area contributed by atoms with E-state index in [4.69, 9.17) is 15.2 Å². The fourth-order valence-electron chi connectivity index (χ4n) is 0. The van der Waals surface area contributed by atoms with Crippen LogP contribution in [-0.4, -0.2) is 5.97 Å². The van der Waals surface area contributed by atoms with Gasteiger partial charge in [0.15, 0.2) is 0 Å². The number of nitrogens with zero attached hydrogens (tertiary/aromatic N) is 1. The molecule has 0 saturated carbocycles. The van der Waals surface area contributed by atoms with Gasteiger partial charge in [0, 0.05) is 6.08 Å². The molecule has 0 atom stereocenters. The molecule has 0 heterocycles. The van der Waals surface area contributed by atoms with E-state index in [1.54, 1.807) is 6.07 Å². The molecule has 0 N–H and O–H groups in total. The van der Waals surface area contributed by atoms with Gasteiger partial charge < -0.3 is 9.90 Å². The number of nitriles is 1. The molecule has 9 heavy (non-hydrogen) atoms. The van der Waals surface area contributed by atoms with Gasteiger partial charge in [-0.1, -0.05) is 13.2 Å². The third kappa shape index (κ3) is 61.2. The number of carboxylic acid groups (broad SMARTS) is 1. The Hall–Kier alpha value is -1.56. The van der Waals surface area contributed by atoms with Crippen LogP contribution >= 0.6 is 0 Å². The van der Waals surface area contributed by atoms with E-state index in [9.17, 15) is 0 Å². The Balaban J connectivity index is 0. The minimum absolute atomic E-state index is 0.722. The molecule has 0 aliphatic carbocycles. The average molecular weight is 124 g/mol. The number of hydrogen-bond donors (Lipinski definition) is 0. The molecular formula is C6H6NO2-. The average Bonchev–Trinajstić information content (AvgIpc) is 1.89. The van der Waals surface area contributed by atoms with Crippen LogP contribution in [0.15, 0.2) is 25.3 Å². The van der Waals surface area contributed by atoms with E-state index in [2.05, 4.69) is 13.2 Å². The normalized spacial score (nSPS) is 5.22.